The number of likely N-dealkylation sites (N-methyl/N-ethyl adjacent to an activating group) is 1. The van der Waals surface area contributed by atoms with E-state index in [1.165, 1.54) is 24.1 Å². The number of methoxy groups -OCH3 is 1. The quantitative estimate of drug-likeness (QED) is 0.883. The van der Waals surface area contributed by atoms with Crippen LogP contribution in [-0.2, 0) is 11.3 Å². The Morgan fingerprint density at radius 2 is 1.92 bits per heavy atom. The van der Waals surface area contributed by atoms with Crippen molar-refractivity contribution in [2.45, 2.75) is 6.54 Å². The van der Waals surface area contributed by atoms with Crippen molar-refractivity contribution in [3.63, 3.8) is 0 Å². The van der Waals surface area contributed by atoms with Crippen LogP contribution < -0.4 is 10.1 Å². The van der Waals surface area contributed by atoms with Crippen LogP contribution in [0.2, 0.25) is 0 Å². The Hall–Kier alpha value is -2.89. The lowest BCUT2D eigenvalue weighted by atomic mass is 10.2. The molecule has 0 aliphatic carbocycles. The molecule has 0 fully saturated rings. The fourth-order valence-corrected chi connectivity index (χ4v) is 2.22. The normalized spacial score (nSPS) is 10.1. The summed E-state index contributed by atoms with van der Waals surface area (Å²) in [5.74, 6) is -0.573. The second-order valence-corrected chi connectivity index (χ2v) is 5.26. The highest BCUT2D eigenvalue weighted by atomic mass is 19.1. The van der Waals surface area contributed by atoms with Crippen LogP contribution in [-0.4, -0.2) is 37.4 Å². The van der Waals surface area contributed by atoms with Crippen LogP contribution in [0.15, 0.2) is 48.5 Å². The number of nitrogens with zero attached hydrogens (tertiary/aromatic N) is 1. The molecule has 0 heterocycles. The van der Waals surface area contributed by atoms with E-state index in [4.69, 9.17) is 4.74 Å². The van der Waals surface area contributed by atoms with Crippen LogP contribution in [0.4, 0.5) is 4.39 Å². The van der Waals surface area contributed by atoms with Gasteiger partial charge in [-0.3, -0.25) is 9.59 Å². The van der Waals surface area contributed by atoms with Gasteiger partial charge < -0.3 is 15.0 Å². The van der Waals surface area contributed by atoms with E-state index in [9.17, 15) is 14.0 Å². The number of rotatable bonds is 6. The summed E-state index contributed by atoms with van der Waals surface area (Å²) in [5.41, 5.74) is 1.04. The van der Waals surface area contributed by atoms with Crippen molar-refractivity contribution in [2.24, 2.45) is 0 Å². The number of hydrogen-bond acceptors (Lipinski definition) is 3. The molecule has 0 atom stereocenters. The minimum Gasteiger partial charge on any atom is -0.496 e. The first kappa shape index (κ1) is 17.5. The van der Waals surface area contributed by atoms with E-state index in [2.05, 4.69) is 5.32 Å². The summed E-state index contributed by atoms with van der Waals surface area (Å²) in [6.45, 7) is 0.115. The fourth-order valence-electron chi connectivity index (χ4n) is 2.22. The molecule has 2 aromatic rings. The number of carbonyl (C=O) groups excluding carboxylic acids is 2. The highest BCUT2D eigenvalue weighted by molar-refractivity contribution is 5.98. The molecule has 6 heteroatoms. The Morgan fingerprint density at radius 1 is 1.17 bits per heavy atom. The maximum absolute atomic E-state index is 13.2. The Labute approximate surface area is 140 Å². The molecule has 0 unspecified atom stereocenters. The van der Waals surface area contributed by atoms with Crippen LogP contribution in [0.25, 0.3) is 0 Å². The minimum atomic E-state index is -0.389. The van der Waals surface area contributed by atoms with Gasteiger partial charge in [0.2, 0.25) is 5.91 Å². The molecule has 0 spiro atoms. The number of carbonyl (C=O) groups is 2. The van der Waals surface area contributed by atoms with Crippen molar-refractivity contribution in [1.29, 1.82) is 0 Å². The molecule has 5 nitrogen and oxygen atoms in total. The number of halogens is 1. The second kappa shape index (κ2) is 8.10. The summed E-state index contributed by atoms with van der Waals surface area (Å²) >= 11 is 0. The lowest BCUT2D eigenvalue weighted by molar-refractivity contribution is -0.129. The zero-order valence-electron chi connectivity index (χ0n) is 13.6. The van der Waals surface area contributed by atoms with E-state index in [-0.39, 0.29) is 30.7 Å². The number of para-hydroxylation sites is 1. The van der Waals surface area contributed by atoms with Crippen LogP contribution in [0, 0.1) is 5.82 Å². The smallest absolute Gasteiger partial charge is 0.255 e. The summed E-state index contributed by atoms with van der Waals surface area (Å²) in [6.07, 6.45) is 0. The number of hydrogen-bond donors (Lipinski definition) is 1. The predicted octanol–water partition coefficient (Wildman–Crippen LogP) is 2.22. The zero-order valence-corrected chi connectivity index (χ0v) is 13.6. The molecule has 2 aromatic carbocycles. The van der Waals surface area contributed by atoms with Gasteiger partial charge in [0.05, 0.1) is 19.2 Å². The van der Waals surface area contributed by atoms with Gasteiger partial charge in [-0.1, -0.05) is 24.3 Å². The third-order valence-corrected chi connectivity index (χ3v) is 3.49. The van der Waals surface area contributed by atoms with Crippen molar-refractivity contribution in [3.05, 3.63) is 65.5 Å². The van der Waals surface area contributed by atoms with Crippen molar-refractivity contribution in [1.82, 2.24) is 10.2 Å². The van der Waals surface area contributed by atoms with Gasteiger partial charge in [0, 0.05) is 13.6 Å². The molecule has 0 saturated heterocycles. The fraction of sp³-hybridized carbons (Fsp3) is 0.222. The topological polar surface area (TPSA) is 58.6 Å². The van der Waals surface area contributed by atoms with E-state index < -0.39 is 0 Å². The largest absolute Gasteiger partial charge is 0.496 e. The van der Waals surface area contributed by atoms with Crippen LogP contribution in [0.1, 0.15) is 15.9 Å². The number of benzene rings is 2. The Kier molecular flexibility index (Phi) is 5.89. The van der Waals surface area contributed by atoms with E-state index >= 15 is 0 Å². The van der Waals surface area contributed by atoms with Gasteiger partial charge in [-0.15, -0.1) is 0 Å². The lowest BCUT2D eigenvalue weighted by Gasteiger charge is -2.18. The Balaban J connectivity index is 1.91. The van der Waals surface area contributed by atoms with Gasteiger partial charge >= 0.3 is 0 Å². The number of amides is 2. The van der Waals surface area contributed by atoms with Crippen LogP contribution in [0.3, 0.4) is 0 Å². The lowest BCUT2D eigenvalue weighted by Crippen LogP contribution is -2.37. The first-order valence-electron chi connectivity index (χ1n) is 7.41. The van der Waals surface area contributed by atoms with Gasteiger partial charge in [-0.2, -0.15) is 0 Å². The molecule has 126 valence electrons. The molecular formula is C18H19FN2O3. The third kappa shape index (κ3) is 4.55. The highest BCUT2D eigenvalue weighted by Crippen LogP contribution is 2.16. The van der Waals surface area contributed by atoms with E-state index in [1.54, 1.807) is 43.4 Å². The molecule has 0 saturated carbocycles. The summed E-state index contributed by atoms with van der Waals surface area (Å²) in [4.78, 5) is 25.7. The summed E-state index contributed by atoms with van der Waals surface area (Å²) in [7, 11) is 3.08. The van der Waals surface area contributed by atoms with Gasteiger partial charge in [0.25, 0.3) is 5.91 Å². The molecule has 0 aromatic heterocycles. The molecule has 2 amide bonds. The van der Waals surface area contributed by atoms with Crippen molar-refractivity contribution >= 4 is 11.8 Å². The first-order chi connectivity index (χ1) is 11.5. The average molecular weight is 330 g/mol. The molecule has 0 bridgehead atoms. The van der Waals surface area contributed by atoms with E-state index in [0.717, 1.165) is 0 Å². The molecule has 2 rings (SSSR count). The number of ether oxygens (including phenoxy) is 1. The van der Waals surface area contributed by atoms with Crippen LogP contribution in [0.5, 0.6) is 5.75 Å². The summed E-state index contributed by atoms with van der Waals surface area (Å²) in [6, 6.07) is 12.8. The van der Waals surface area contributed by atoms with Gasteiger partial charge in [-0.25, -0.2) is 4.39 Å². The van der Waals surface area contributed by atoms with E-state index in [0.29, 0.717) is 16.9 Å². The van der Waals surface area contributed by atoms with Gasteiger partial charge in [-0.05, 0) is 29.8 Å². The zero-order chi connectivity index (χ0) is 17.5. The molecular weight excluding hydrogens is 311 g/mol. The number of nitrogens with one attached hydrogen (secondary N) is 1. The minimum absolute atomic E-state index is 0.150. The predicted molar refractivity (Wildman–Crippen MR) is 88.2 cm³/mol. The van der Waals surface area contributed by atoms with Crippen molar-refractivity contribution < 1.29 is 18.7 Å². The maximum Gasteiger partial charge on any atom is 0.255 e. The Morgan fingerprint density at radius 3 is 2.62 bits per heavy atom. The van der Waals surface area contributed by atoms with Crippen molar-refractivity contribution in [3.8, 4) is 5.75 Å². The van der Waals surface area contributed by atoms with Gasteiger partial charge in [0.1, 0.15) is 11.6 Å². The molecule has 0 aliphatic rings. The standard InChI is InChI=1S/C18H19FN2O3/c1-21(12-13-6-5-7-14(19)10-13)17(22)11-20-18(23)15-8-3-4-9-16(15)24-2/h3-10H,11-12H2,1-2H3,(H,20,23). The molecule has 1 N–H and O–H groups in total. The third-order valence-electron chi connectivity index (χ3n) is 3.49. The molecule has 0 radical (unpaired) electrons. The van der Waals surface area contributed by atoms with Crippen molar-refractivity contribution in [2.75, 3.05) is 20.7 Å². The molecule has 0 aliphatic heterocycles. The summed E-state index contributed by atoms with van der Waals surface area (Å²) in [5, 5.41) is 2.57. The second-order valence-electron chi connectivity index (χ2n) is 5.26. The van der Waals surface area contributed by atoms with Crippen LogP contribution >= 0.6 is 0 Å². The van der Waals surface area contributed by atoms with Gasteiger partial charge in [0.15, 0.2) is 0 Å². The highest BCUT2D eigenvalue weighted by Gasteiger charge is 2.14. The average Bonchev–Trinajstić information content (AvgIpc) is 2.59. The Bertz CT molecular complexity index is 734. The monoisotopic (exact) mass is 330 g/mol. The first-order valence-corrected chi connectivity index (χ1v) is 7.41. The van der Waals surface area contributed by atoms with E-state index in [1.807, 2.05) is 0 Å². The maximum atomic E-state index is 13.2. The molecule has 24 heavy (non-hydrogen) atoms. The summed E-state index contributed by atoms with van der Waals surface area (Å²) < 4.78 is 18.3. The SMILES string of the molecule is COc1ccccc1C(=O)NCC(=O)N(C)Cc1cccc(F)c1.